The zero-order chi connectivity index (χ0) is 29.4. The van der Waals surface area contributed by atoms with Crippen LogP contribution in [0.5, 0.6) is 0 Å². The molecule has 0 fully saturated rings. The van der Waals surface area contributed by atoms with Gasteiger partial charge in [0.15, 0.2) is 6.10 Å². The Hall–Kier alpha value is -0.950. The van der Waals surface area contributed by atoms with Crippen molar-refractivity contribution in [3.63, 3.8) is 0 Å². The molecule has 0 aliphatic carbocycles. The number of hydrogen-bond donors (Lipinski definition) is 2. The molecule has 0 aliphatic rings. The predicted octanol–water partition coefficient (Wildman–Crippen LogP) is 8.27. The third-order valence-corrected chi connectivity index (χ3v) is 7.58. The molecule has 9 heteroatoms. The molecule has 0 saturated carbocycles. The fraction of sp³-hybridized carbons (Fsp3) is 0.933. The van der Waals surface area contributed by atoms with Crippen LogP contribution in [0.4, 0.5) is 0 Å². The average Bonchev–Trinajstić information content (AvgIpc) is 2.87. The second-order valence-corrected chi connectivity index (χ2v) is 12.8. The van der Waals surface area contributed by atoms with Gasteiger partial charge in [-0.2, -0.15) is 0 Å². The number of phosphoric acid groups is 1. The minimum Gasteiger partial charge on any atom is -0.462 e. The summed E-state index contributed by atoms with van der Waals surface area (Å²) in [5.74, 6) is 0.673. The summed E-state index contributed by atoms with van der Waals surface area (Å²) in [6.45, 7) is 8.20. The molecule has 1 unspecified atom stereocenters. The van der Waals surface area contributed by atoms with E-state index in [0.717, 1.165) is 56.8 Å². The molecule has 2 atom stereocenters. The highest BCUT2D eigenvalue weighted by atomic mass is 31.2. The predicted molar refractivity (Wildman–Crippen MR) is 156 cm³/mol. The second kappa shape index (κ2) is 24.8. The maximum absolute atomic E-state index is 12.3. The van der Waals surface area contributed by atoms with Crippen molar-refractivity contribution >= 4 is 19.8 Å². The molecule has 0 aliphatic heterocycles. The molecular formula is C30H59O8P. The second-order valence-electron chi connectivity index (χ2n) is 11.5. The van der Waals surface area contributed by atoms with Crippen LogP contribution in [0.25, 0.3) is 0 Å². The van der Waals surface area contributed by atoms with E-state index in [2.05, 4.69) is 32.2 Å². The van der Waals surface area contributed by atoms with Crippen molar-refractivity contribution in [1.82, 2.24) is 0 Å². The highest BCUT2D eigenvalue weighted by Gasteiger charge is 2.22. The average molecular weight is 579 g/mol. The van der Waals surface area contributed by atoms with E-state index >= 15 is 0 Å². The summed E-state index contributed by atoms with van der Waals surface area (Å²) in [6.07, 6.45) is 18.6. The van der Waals surface area contributed by atoms with Gasteiger partial charge in [-0.1, -0.05) is 124 Å². The van der Waals surface area contributed by atoms with Gasteiger partial charge in [0.2, 0.25) is 0 Å². The van der Waals surface area contributed by atoms with Gasteiger partial charge in [0, 0.05) is 12.8 Å². The molecule has 0 spiro atoms. The van der Waals surface area contributed by atoms with E-state index in [4.69, 9.17) is 19.3 Å². The van der Waals surface area contributed by atoms with Crippen molar-refractivity contribution in [2.45, 2.75) is 156 Å². The first-order valence-electron chi connectivity index (χ1n) is 15.6. The first kappa shape index (κ1) is 38.0. The van der Waals surface area contributed by atoms with Gasteiger partial charge >= 0.3 is 19.8 Å². The maximum Gasteiger partial charge on any atom is 0.469 e. The molecule has 0 saturated heterocycles. The van der Waals surface area contributed by atoms with Gasteiger partial charge in [-0.3, -0.25) is 14.1 Å². The lowest BCUT2D eigenvalue weighted by molar-refractivity contribution is -0.161. The Balaban J connectivity index is 4.07. The fourth-order valence-corrected chi connectivity index (χ4v) is 4.72. The third kappa shape index (κ3) is 28.4. The molecule has 0 bridgehead atoms. The van der Waals surface area contributed by atoms with Crippen LogP contribution in [0.15, 0.2) is 0 Å². The van der Waals surface area contributed by atoms with E-state index in [1.807, 2.05) is 0 Å². The normalized spacial score (nSPS) is 13.4. The molecule has 39 heavy (non-hydrogen) atoms. The Kier molecular flexibility index (Phi) is 24.2. The molecular weight excluding hydrogens is 519 g/mol. The zero-order valence-electron chi connectivity index (χ0n) is 25.4. The van der Waals surface area contributed by atoms with Crippen LogP contribution in [-0.4, -0.2) is 41.0 Å². The first-order chi connectivity index (χ1) is 18.5. The summed E-state index contributed by atoms with van der Waals surface area (Å²) in [4.78, 5) is 42.3. The molecule has 0 heterocycles. The van der Waals surface area contributed by atoms with Gasteiger partial charge in [0.05, 0.1) is 6.61 Å². The van der Waals surface area contributed by atoms with Gasteiger partial charge in [-0.15, -0.1) is 0 Å². The number of hydrogen-bond acceptors (Lipinski definition) is 6. The Labute approximate surface area is 238 Å². The summed E-state index contributed by atoms with van der Waals surface area (Å²) in [7, 11) is -4.73. The van der Waals surface area contributed by atoms with Crippen molar-refractivity contribution in [2.24, 2.45) is 11.8 Å². The van der Waals surface area contributed by atoms with E-state index in [0.29, 0.717) is 6.42 Å². The molecule has 0 aromatic heterocycles. The van der Waals surface area contributed by atoms with Gasteiger partial charge in [0.1, 0.15) is 6.61 Å². The monoisotopic (exact) mass is 578 g/mol. The number of esters is 2. The maximum atomic E-state index is 12.3. The Morgan fingerprint density at radius 1 is 0.667 bits per heavy atom. The molecule has 0 rings (SSSR count). The highest BCUT2D eigenvalue weighted by molar-refractivity contribution is 7.46. The number of carbonyl (C=O) groups excluding carboxylic acids is 2. The zero-order valence-corrected chi connectivity index (χ0v) is 26.3. The summed E-state index contributed by atoms with van der Waals surface area (Å²) in [5.41, 5.74) is 0. The lowest BCUT2D eigenvalue weighted by atomic mass is 9.99. The van der Waals surface area contributed by atoms with Crippen LogP contribution in [0, 0.1) is 11.8 Å². The van der Waals surface area contributed by atoms with Crippen molar-refractivity contribution in [1.29, 1.82) is 0 Å². The van der Waals surface area contributed by atoms with Crippen LogP contribution in [0.3, 0.4) is 0 Å². The number of rotatable bonds is 27. The van der Waals surface area contributed by atoms with E-state index in [1.165, 1.54) is 57.8 Å². The highest BCUT2D eigenvalue weighted by Crippen LogP contribution is 2.36. The molecule has 8 nitrogen and oxygen atoms in total. The minimum atomic E-state index is -4.73. The van der Waals surface area contributed by atoms with Crippen molar-refractivity contribution in [2.75, 3.05) is 13.2 Å². The molecule has 0 amide bonds. The third-order valence-electron chi connectivity index (χ3n) is 7.09. The fourth-order valence-electron chi connectivity index (χ4n) is 4.36. The molecule has 0 radical (unpaired) electrons. The van der Waals surface area contributed by atoms with Crippen LogP contribution in [0.2, 0.25) is 0 Å². The Morgan fingerprint density at radius 3 is 1.62 bits per heavy atom. The van der Waals surface area contributed by atoms with E-state index in [1.54, 1.807) is 0 Å². The van der Waals surface area contributed by atoms with E-state index in [9.17, 15) is 14.2 Å². The van der Waals surface area contributed by atoms with Crippen molar-refractivity contribution < 1.29 is 37.9 Å². The van der Waals surface area contributed by atoms with Gasteiger partial charge in [-0.25, -0.2) is 4.57 Å². The van der Waals surface area contributed by atoms with Crippen molar-refractivity contribution in [3.8, 4) is 0 Å². The summed E-state index contributed by atoms with van der Waals surface area (Å²) < 4.78 is 26.1. The van der Waals surface area contributed by atoms with Gasteiger partial charge in [0.25, 0.3) is 0 Å². The van der Waals surface area contributed by atoms with Crippen LogP contribution in [0.1, 0.15) is 150 Å². The van der Waals surface area contributed by atoms with Crippen LogP contribution >= 0.6 is 7.82 Å². The number of carbonyl (C=O) groups is 2. The largest absolute Gasteiger partial charge is 0.469 e. The first-order valence-corrected chi connectivity index (χ1v) is 17.1. The van der Waals surface area contributed by atoms with Crippen LogP contribution < -0.4 is 0 Å². The standard InChI is InChI=1S/C30H59O8P/c1-5-27(4)21-17-13-8-6-7-9-15-19-23-30(32)38-28(25-37-39(33,34)35)24-36-29(31)22-18-14-11-10-12-16-20-26(2)3/h26-28H,5-25H2,1-4H3,(H2,33,34,35)/t27?,28-/m1/s1. The minimum absolute atomic E-state index is 0.215. The van der Waals surface area contributed by atoms with Gasteiger partial charge in [-0.05, 0) is 24.7 Å². The molecule has 2 N–H and O–H groups in total. The lowest BCUT2D eigenvalue weighted by Gasteiger charge is -2.18. The SMILES string of the molecule is CCC(C)CCCCCCCCCCC(=O)O[C@H](COC(=O)CCCCCCCCC(C)C)COP(=O)(O)O. The quantitative estimate of drug-likeness (QED) is 0.0568. The molecule has 0 aromatic rings. The van der Waals surface area contributed by atoms with Gasteiger partial charge < -0.3 is 19.3 Å². The molecule has 0 aromatic carbocycles. The van der Waals surface area contributed by atoms with E-state index in [-0.39, 0.29) is 19.4 Å². The van der Waals surface area contributed by atoms with Crippen molar-refractivity contribution in [3.05, 3.63) is 0 Å². The van der Waals surface area contributed by atoms with E-state index < -0.39 is 32.5 Å². The smallest absolute Gasteiger partial charge is 0.462 e. The number of phosphoric ester groups is 1. The topological polar surface area (TPSA) is 119 Å². The Bertz CT molecular complexity index is 649. The number of ether oxygens (including phenoxy) is 2. The summed E-state index contributed by atoms with van der Waals surface area (Å²) >= 11 is 0. The Morgan fingerprint density at radius 2 is 1.13 bits per heavy atom. The van der Waals surface area contributed by atoms with Crippen LogP contribution in [-0.2, 0) is 28.2 Å². The summed E-state index contributed by atoms with van der Waals surface area (Å²) in [6, 6.07) is 0. The lowest BCUT2D eigenvalue weighted by Crippen LogP contribution is -2.29. The summed E-state index contributed by atoms with van der Waals surface area (Å²) in [5, 5.41) is 0. The molecule has 232 valence electrons. The number of unbranched alkanes of at least 4 members (excludes halogenated alkanes) is 12.